The van der Waals surface area contributed by atoms with Crippen molar-refractivity contribution in [1.29, 1.82) is 0 Å². The minimum atomic E-state index is -0.604. The Kier molecular flexibility index (Phi) is 5.61. The van der Waals surface area contributed by atoms with Gasteiger partial charge in [0.15, 0.2) is 0 Å². The van der Waals surface area contributed by atoms with E-state index in [1.54, 1.807) is 19.1 Å². The Morgan fingerprint density at radius 3 is 2.76 bits per heavy atom. The molecule has 0 aliphatic carbocycles. The van der Waals surface area contributed by atoms with Gasteiger partial charge < -0.3 is 19.2 Å². The molecule has 1 aromatic carbocycles. The molecule has 3 aromatic rings. The van der Waals surface area contributed by atoms with Crippen molar-refractivity contribution in [1.82, 2.24) is 4.90 Å². The number of esters is 1. The van der Waals surface area contributed by atoms with Crippen LogP contribution in [0.25, 0.3) is 21.1 Å². The smallest absolute Gasteiger partial charge is 0.350 e. The van der Waals surface area contributed by atoms with Gasteiger partial charge in [-0.25, -0.2) is 9.59 Å². The summed E-state index contributed by atoms with van der Waals surface area (Å²) in [5.41, 5.74) is -0.0266. The molecular weight excluding hydrogens is 396 g/mol. The van der Waals surface area contributed by atoms with Gasteiger partial charge >= 0.3 is 11.6 Å². The highest BCUT2D eigenvalue weighted by Crippen LogP contribution is 2.38. The summed E-state index contributed by atoms with van der Waals surface area (Å²) >= 11 is 1.12. The van der Waals surface area contributed by atoms with Crippen molar-refractivity contribution >= 4 is 50.0 Å². The van der Waals surface area contributed by atoms with Crippen LogP contribution in [0.1, 0.15) is 16.6 Å². The predicted molar refractivity (Wildman–Crippen MR) is 110 cm³/mol. The van der Waals surface area contributed by atoms with Gasteiger partial charge in [0.25, 0.3) is 0 Å². The minimum Gasteiger partial charge on any atom is -0.462 e. The van der Waals surface area contributed by atoms with E-state index < -0.39 is 11.6 Å². The summed E-state index contributed by atoms with van der Waals surface area (Å²) in [6, 6.07) is 7.09. The van der Waals surface area contributed by atoms with Gasteiger partial charge in [0.1, 0.15) is 15.8 Å². The predicted octanol–water partition coefficient (Wildman–Crippen LogP) is 2.46. The second kappa shape index (κ2) is 8.32. The highest BCUT2D eigenvalue weighted by molar-refractivity contribution is 7.22. The molecule has 0 bridgehead atoms. The number of thiophene rings is 1. The lowest BCUT2D eigenvalue weighted by Crippen LogP contribution is -2.41. The van der Waals surface area contributed by atoms with Gasteiger partial charge in [0.2, 0.25) is 5.91 Å². The monoisotopic (exact) mass is 416 g/mol. The number of carbonyl (C=O) groups is 2. The van der Waals surface area contributed by atoms with Gasteiger partial charge in [-0.3, -0.25) is 9.69 Å². The number of amides is 1. The number of morpholine rings is 1. The fourth-order valence-corrected chi connectivity index (χ4v) is 4.48. The number of nitrogens with zero attached hydrogens (tertiary/aromatic N) is 1. The van der Waals surface area contributed by atoms with Crippen LogP contribution in [0.2, 0.25) is 0 Å². The maximum Gasteiger partial charge on any atom is 0.350 e. The van der Waals surface area contributed by atoms with Crippen molar-refractivity contribution in [3.63, 3.8) is 0 Å². The highest BCUT2D eigenvalue weighted by Gasteiger charge is 2.26. The summed E-state index contributed by atoms with van der Waals surface area (Å²) in [5, 5.41) is 3.64. The third kappa shape index (κ3) is 3.89. The van der Waals surface area contributed by atoms with Crippen LogP contribution in [-0.4, -0.2) is 56.2 Å². The summed E-state index contributed by atoms with van der Waals surface area (Å²) in [4.78, 5) is 40.0. The fraction of sp³-hybridized carbons (Fsp3) is 0.350. The number of hydrogen-bond acceptors (Lipinski definition) is 8. The molecule has 4 rings (SSSR count). The number of nitrogens with one attached hydrogen (secondary N) is 1. The number of anilines is 1. The van der Waals surface area contributed by atoms with Gasteiger partial charge in [-0.05, 0) is 19.1 Å². The van der Waals surface area contributed by atoms with Crippen LogP contribution >= 0.6 is 11.3 Å². The largest absolute Gasteiger partial charge is 0.462 e. The van der Waals surface area contributed by atoms with Crippen molar-refractivity contribution in [2.45, 2.75) is 6.92 Å². The highest BCUT2D eigenvalue weighted by atomic mass is 32.1. The van der Waals surface area contributed by atoms with Gasteiger partial charge in [0.05, 0.1) is 36.8 Å². The van der Waals surface area contributed by atoms with Crippen LogP contribution < -0.4 is 10.9 Å². The average Bonchev–Trinajstić information content (AvgIpc) is 3.09. The molecule has 152 valence electrons. The van der Waals surface area contributed by atoms with E-state index in [-0.39, 0.29) is 35.0 Å². The van der Waals surface area contributed by atoms with E-state index in [9.17, 15) is 14.4 Å². The van der Waals surface area contributed by atoms with E-state index in [1.165, 1.54) is 0 Å². The first-order valence-corrected chi connectivity index (χ1v) is 10.2. The van der Waals surface area contributed by atoms with Crippen LogP contribution in [0.5, 0.6) is 0 Å². The van der Waals surface area contributed by atoms with E-state index in [4.69, 9.17) is 13.9 Å². The number of benzene rings is 1. The lowest BCUT2D eigenvalue weighted by atomic mass is 10.2. The first kappa shape index (κ1) is 19.6. The number of ether oxygens (including phenoxy) is 2. The van der Waals surface area contributed by atoms with Gasteiger partial charge in [0, 0.05) is 18.5 Å². The number of hydrogen-bond donors (Lipinski definition) is 1. The normalized spacial score (nSPS) is 14.9. The Morgan fingerprint density at radius 1 is 1.24 bits per heavy atom. The average molecular weight is 416 g/mol. The van der Waals surface area contributed by atoms with E-state index in [1.807, 2.05) is 17.0 Å². The molecule has 3 heterocycles. The number of rotatable bonds is 5. The summed E-state index contributed by atoms with van der Waals surface area (Å²) in [6.07, 6.45) is 0. The van der Waals surface area contributed by atoms with Crippen LogP contribution in [-0.2, 0) is 14.3 Å². The zero-order valence-corrected chi connectivity index (χ0v) is 16.7. The Hall–Kier alpha value is -2.75. The molecule has 1 saturated heterocycles. The van der Waals surface area contributed by atoms with Crippen LogP contribution in [0, 0.1) is 0 Å². The molecule has 9 heteroatoms. The van der Waals surface area contributed by atoms with Gasteiger partial charge in [-0.2, -0.15) is 0 Å². The molecule has 8 nitrogen and oxygen atoms in total. The van der Waals surface area contributed by atoms with Crippen molar-refractivity contribution in [3.8, 4) is 0 Å². The lowest BCUT2D eigenvalue weighted by Gasteiger charge is -2.25. The van der Waals surface area contributed by atoms with E-state index in [0.29, 0.717) is 42.0 Å². The second-order valence-corrected chi connectivity index (χ2v) is 7.57. The number of fused-ring (bicyclic) bond motifs is 3. The summed E-state index contributed by atoms with van der Waals surface area (Å²) in [6.45, 7) is 4.46. The third-order valence-electron chi connectivity index (χ3n) is 4.64. The Labute approximate surface area is 170 Å². The van der Waals surface area contributed by atoms with Crippen LogP contribution in [0.3, 0.4) is 0 Å². The molecule has 0 spiro atoms. The number of para-hydroxylation sites is 1. The van der Waals surface area contributed by atoms with Gasteiger partial charge in [-0.1, -0.05) is 12.1 Å². The molecule has 29 heavy (non-hydrogen) atoms. The number of carbonyl (C=O) groups excluding carboxylic acids is 2. The molecule has 1 fully saturated rings. The van der Waals surface area contributed by atoms with Crippen LogP contribution in [0.4, 0.5) is 5.69 Å². The summed E-state index contributed by atoms with van der Waals surface area (Å²) in [5.74, 6) is -0.899. The zero-order valence-electron chi connectivity index (χ0n) is 15.9. The SMILES string of the molecule is CCOC(=O)c1sc2c(c1NC(=O)CN1CCOCC1)c(=O)oc1ccccc12. The second-order valence-electron chi connectivity index (χ2n) is 6.55. The summed E-state index contributed by atoms with van der Waals surface area (Å²) in [7, 11) is 0. The van der Waals surface area contributed by atoms with E-state index in [2.05, 4.69) is 5.32 Å². The zero-order chi connectivity index (χ0) is 20.4. The Morgan fingerprint density at radius 2 is 2.00 bits per heavy atom. The first-order valence-electron chi connectivity index (χ1n) is 9.34. The molecule has 2 aromatic heterocycles. The van der Waals surface area contributed by atoms with Crippen LogP contribution in [0.15, 0.2) is 33.5 Å². The molecule has 1 N–H and O–H groups in total. The third-order valence-corrected chi connectivity index (χ3v) is 5.85. The Bertz CT molecular complexity index is 1130. The molecule has 0 atom stereocenters. The summed E-state index contributed by atoms with van der Waals surface area (Å²) < 4.78 is 16.4. The topological polar surface area (TPSA) is 98.1 Å². The standard InChI is InChI=1S/C20H20N2O6S/c1-2-27-20(25)18-16(21-14(23)11-22-7-9-26-10-8-22)15-17(29-18)12-5-3-4-6-13(12)28-19(15)24/h3-6H,2,7-11H2,1H3,(H,21,23). The van der Waals surface area contributed by atoms with Crippen molar-refractivity contribution in [3.05, 3.63) is 39.6 Å². The molecule has 0 radical (unpaired) electrons. The molecule has 1 aliphatic rings. The van der Waals surface area contributed by atoms with Crippen molar-refractivity contribution in [2.24, 2.45) is 0 Å². The molecular formula is C20H20N2O6S. The van der Waals surface area contributed by atoms with E-state index >= 15 is 0 Å². The quantitative estimate of drug-likeness (QED) is 0.504. The minimum absolute atomic E-state index is 0.141. The maximum absolute atomic E-state index is 12.7. The maximum atomic E-state index is 12.7. The van der Waals surface area contributed by atoms with Crippen molar-refractivity contribution < 1.29 is 23.5 Å². The molecule has 0 unspecified atom stereocenters. The molecule has 1 aliphatic heterocycles. The van der Waals surface area contributed by atoms with Crippen molar-refractivity contribution in [2.75, 3.05) is 44.8 Å². The first-order chi connectivity index (χ1) is 14.1. The van der Waals surface area contributed by atoms with E-state index in [0.717, 1.165) is 11.3 Å². The lowest BCUT2D eigenvalue weighted by molar-refractivity contribution is -0.118. The van der Waals surface area contributed by atoms with Gasteiger partial charge in [-0.15, -0.1) is 11.3 Å². The fourth-order valence-electron chi connectivity index (χ4n) is 3.31. The Balaban J connectivity index is 1.78. The molecule has 1 amide bonds. The molecule has 0 saturated carbocycles.